The molecule has 0 bridgehead atoms. The van der Waals surface area contributed by atoms with Crippen molar-refractivity contribution in [2.24, 2.45) is 0 Å². The summed E-state index contributed by atoms with van der Waals surface area (Å²) in [6.07, 6.45) is 3.56. The minimum Gasteiger partial charge on any atom is -0.497 e. The lowest BCUT2D eigenvalue weighted by atomic mass is 10.1. The van der Waals surface area contributed by atoms with Gasteiger partial charge in [0.25, 0.3) is 11.8 Å². The molecule has 0 saturated carbocycles. The Morgan fingerprint density at radius 1 is 1.00 bits per heavy atom. The highest BCUT2D eigenvalue weighted by Gasteiger charge is 2.34. The van der Waals surface area contributed by atoms with Gasteiger partial charge in [0.15, 0.2) is 5.11 Å². The van der Waals surface area contributed by atoms with Crippen LogP contribution in [0.4, 0.5) is 5.69 Å². The summed E-state index contributed by atoms with van der Waals surface area (Å²) >= 11 is 11.3. The minimum atomic E-state index is -0.528. The largest absolute Gasteiger partial charge is 0.497 e. The van der Waals surface area contributed by atoms with Crippen LogP contribution in [0.3, 0.4) is 0 Å². The van der Waals surface area contributed by atoms with E-state index in [4.69, 9.17) is 28.6 Å². The fourth-order valence-corrected chi connectivity index (χ4v) is 4.49. The summed E-state index contributed by atoms with van der Waals surface area (Å²) < 4.78 is 7.28. The number of hydrogen-bond acceptors (Lipinski definition) is 4. The van der Waals surface area contributed by atoms with E-state index in [0.717, 1.165) is 22.0 Å². The molecule has 0 unspecified atom stereocenters. The minimum absolute atomic E-state index is 0.00353. The maximum atomic E-state index is 13.4. The van der Waals surface area contributed by atoms with Crippen LogP contribution in [-0.4, -0.2) is 28.6 Å². The van der Waals surface area contributed by atoms with Crippen LogP contribution in [0.15, 0.2) is 84.6 Å². The van der Waals surface area contributed by atoms with Crippen LogP contribution in [0.25, 0.3) is 17.0 Å². The van der Waals surface area contributed by atoms with Crippen LogP contribution in [-0.2, 0) is 16.1 Å². The number of thiocarbonyl (C=S) groups is 1. The number of halogens is 1. The van der Waals surface area contributed by atoms with E-state index in [0.29, 0.717) is 23.0 Å². The number of fused-ring (bicyclic) bond motifs is 1. The van der Waals surface area contributed by atoms with Crippen molar-refractivity contribution >= 4 is 63.4 Å². The smallest absolute Gasteiger partial charge is 0.270 e. The third kappa shape index (κ3) is 4.43. The lowest BCUT2D eigenvalue weighted by molar-refractivity contribution is -0.122. The second kappa shape index (κ2) is 9.37. The molecule has 4 aromatic rings. The fourth-order valence-electron chi connectivity index (χ4n) is 4.09. The Balaban J connectivity index is 1.54. The first-order valence-corrected chi connectivity index (χ1v) is 11.6. The van der Waals surface area contributed by atoms with Gasteiger partial charge in [-0.25, -0.2) is 0 Å². The van der Waals surface area contributed by atoms with Gasteiger partial charge in [-0.15, -0.1) is 0 Å². The Hall–Kier alpha value is -3.94. The van der Waals surface area contributed by atoms with Crippen LogP contribution in [0, 0.1) is 0 Å². The predicted molar refractivity (Wildman–Crippen MR) is 142 cm³/mol. The zero-order valence-electron chi connectivity index (χ0n) is 18.7. The third-order valence-corrected chi connectivity index (χ3v) is 6.35. The van der Waals surface area contributed by atoms with Gasteiger partial charge in [-0.2, -0.15) is 0 Å². The zero-order valence-corrected chi connectivity index (χ0v) is 20.3. The van der Waals surface area contributed by atoms with E-state index in [1.807, 2.05) is 54.7 Å². The number of amides is 2. The molecule has 8 heteroatoms. The van der Waals surface area contributed by atoms with Crippen molar-refractivity contribution in [1.29, 1.82) is 0 Å². The number of hydrogen-bond donors (Lipinski definition) is 1. The maximum absolute atomic E-state index is 13.4. The van der Waals surface area contributed by atoms with Crippen molar-refractivity contribution < 1.29 is 14.3 Å². The fraction of sp³-hybridized carbons (Fsp3) is 0.0741. The molecule has 0 radical (unpaired) electrons. The van der Waals surface area contributed by atoms with Gasteiger partial charge in [-0.05, 0) is 66.3 Å². The van der Waals surface area contributed by atoms with Gasteiger partial charge in [-0.1, -0.05) is 41.9 Å². The Bertz CT molecular complexity index is 1490. The molecule has 0 aliphatic carbocycles. The molecule has 2 amide bonds. The van der Waals surface area contributed by atoms with Crippen molar-refractivity contribution in [2.75, 3.05) is 12.0 Å². The maximum Gasteiger partial charge on any atom is 0.270 e. The standard InChI is InChI=1S/C27H20ClN3O3S/c1-34-21-12-10-20(11-13-21)31-26(33)23(25(32)29-27(31)35)14-18-16-30(24-5-3-2-4-22(18)24)15-17-6-8-19(28)9-7-17/h2-14,16H,15H2,1H3,(H,29,32,35)/b23-14+. The highest BCUT2D eigenvalue weighted by molar-refractivity contribution is 7.80. The average molecular weight is 502 g/mol. The summed E-state index contributed by atoms with van der Waals surface area (Å²) in [7, 11) is 1.57. The van der Waals surface area contributed by atoms with E-state index in [1.165, 1.54) is 4.90 Å². The van der Waals surface area contributed by atoms with Gasteiger partial charge in [0, 0.05) is 34.2 Å². The lowest BCUT2D eigenvalue weighted by Crippen LogP contribution is -2.54. The van der Waals surface area contributed by atoms with E-state index in [-0.39, 0.29) is 10.7 Å². The SMILES string of the molecule is COc1ccc(N2C(=O)/C(=C/c3cn(Cc4ccc(Cl)cc4)c4ccccc34)C(=O)NC2=S)cc1. The molecule has 174 valence electrons. The zero-order chi connectivity index (χ0) is 24.5. The summed E-state index contributed by atoms with van der Waals surface area (Å²) in [4.78, 5) is 27.6. The number of benzene rings is 3. The second-order valence-corrected chi connectivity index (χ2v) is 8.83. The number of aromatic nitrogens is 1. The van der Waals surface area contributed by atoms with Gasteiger partial charge in [0.2, 0.25) is 0 Å². The summed E-state index contributed by atoms with van der Waals surface area (Å²) in [5.74, 6) is -0.366. The molecule has 1 N–H and O–H groups in total. The van der Waals surface area contributed by atoms with Crippen LogP contribution in [0.2, 0.25) is 5.02 Å². The van der Waals surface area contributed by atoms with Crippen LogP contribution in [0.5, 0.6) is 5.75 Å². The molecule has 35 heavy (non-hydrogen) atoms. The molecular weight excluding hydrogens is 482 g/mol. The molecule has 5 rings (SSSR count). The number of methoxy groups -OCH3 is 1. The third-order valence-electron chi connectivity index (χ3n) is 5.82. The highest BCUT2D eigenvalue weighted by atomic mass is 35.5. The number of ether oxygens (including phenoxy) is 1. The number of carbonyl (C=O) groups excluding carboxylic acids is 2. The number of anilines is 1. The van der Waals surface area contributed by atoms with E-state index < -0.39 is 11.8 Å². The monoisotopic (exact) mass is 501 g/mol. The highest BCUT2D eigenvalue weighted by Crippen LogP contribution is 2.28. The van der Waals surface area contributed by atoms with Crippen LogP contribution in [0.1, 0.15) is 11.1 Å². The topological polar surface area (TPSA) is 63.6 Å². The number of para-hydroxylation sites is 1. The number of rotatable bonds is 5. The van der Waals surface area contributed by atoms with Gasteiger partial charge in [0.05, 0.1) is 12.8 Å². The van der Waals surface area contributed by atoms with Crippen molar-refractivity contribution in [3.05, 3.63) is 101 Å². The Kier molecular flexibility index (Phi) is 6.11. The van der Waals surface area contributed by atoms with E-state index >= 15 is 0 Å². The quantitative estimate of drug-likeness (QED) is 0.232. The molecular formula is C27H20ClN3O3S. The summed E-state index contributed by atoms with van der Waals surface area (Å²) in [6, 6.07) is 22.4. The van der Waals surface area contributed by atoms with E-state index in [2.05, 4.69) is 9.88 Å². The average Bonchev–Trinajstić information content (AvgIpc) is 3.20. The number of carbonyl (C=O) groups is 2. The predicted octanol–water partition coefficient (Wildman–Crippen LogP) is 5.18. The molecule has 1 aliphatic heterocycles. The van der Waals surface area contributed by atoms with Gasteiger partial charge < -0.3 is 9.30 Å². The molecule has 0 atom stereocenters. The first-order valence-electron chi connectivity index (χ1n) is 10.8. The Morgan fingerprint density at radius 2 is 1.71 bits per heavy atom. The second-order valence-electron chi connectivity index (χ2n) is 8.01. The molecule has 6 nitrogen and oxygen atoms in total. The molecule has 2 heterocycles. The first kappa shape index (κ1) is 22.8. The van der Waals surface area contributed by atoms with Crippen LogP contribution < -0.4 is 15.0 Å². The van der Waals surface area contributed by atoms with Gasteiger partial charge >= 0.3 is 0 Å². The normalized spacial score (nSPS) is 15.1. The first-order chi connectivity index (χ1) is 16.9. The van der Waals surface area contributed by atoms with Gasteiger partial charge in [0.1, 0.15) is 11.3 Å². The summed E-state index contributed by atoms with van der Waals surface area (Å²) in [6.45, 7) is 0.614. The van der Waals surface area contributed by atoms with Gasteiger partial charge in [-0.3, -0.25) is 19.8 Å². The van der Waals surface area contributed by atoms with Crippen molar-refractivity contribution in [3.63, 3.8) is 0 Å². The van der Waals surface area contributed by atoms with E-state index in [9.17, 15) is 9.59 Å². The molecule has 1 aliphatic rings. The van der Waals surface area contributed by atoms with Crippen LogP contribution >= 0.6 is 23.8 Å². The lowest BCUT2D eigenvalue weighted by Gasteiger charge is -2.29. The van der Waals surface area contributed by atoms with Crippen molar-refractivity contribution in [2.45, 2.75) is 6.54 Å². The molecule has 1 fully saturated rings. The molecule has 3 aromatic carbocycles. The summed E-state index contributed by atoms with van der Waals surface area (Å²) in [5, 5.41) is 4.28. The van der Waals surface area contributed by atoms with Crippen molar-refractivity contribution in [3.8, 4) is 5.75 Å². The number of nitrogens with zero attached hydrogens (tertiary/aromatic N) is 2. The van der Waals surface area contributed by atoms with E-state index in [1.54, 1.807) is 37.5 Å². The Morgan fingerprint density at radius 3 is 2.43 bits per heavy atom. The molecule has 1 saturated heterocycles. The molecule has 0 spiro atoms. The summed E-state index contributed by atoms with van der Waals surface area (Å²) in [5.41, 5.74) is 3.37. The Labute approximate surface area is 212 Å². The van der Waals surface area contributed by atoms with Crippen molar-refractivity contribution in [1.82, 2.24) is 9.88 Å². The molecule has 1 aromatic heterocycles. The number of nitrogens with one attached hydrogen (secondary N) is 1.